The number of ether oxygens (including phenoxy) is 2. The van der Waals surface area contributed by atoms with Gasteiger partial charge in [0.05, 0.1) is 0 Å². The van der Waals surface area contributed by atoms with E-state index in [-0.39, 0.29) is 18.2 Å². The number of halogens is 1. The van der Waals surface area contributed by atoms with Gasteiger partial charge in [-0.05, 0) is 55.3 Å². The van der Waals surface area contributed by atoms with E-state index in [1.165, 1.54) is 19.1 Å². The Morgan fingerprint density at radius 3 is 2.31 bits per heavy atom. The summed E-state index contributed by atoms with van der Waals surface area (Å²) >= 11 is 0. The van der Waals surface area contributed by atoms with E-state index in [2.05, 4.69) is 5.32 Å². The largest absolute Gasteiger partial charge is 0.482 e. The van der Waals surface area contributed by atoms with E-state index in [9.17, 15) is 18.8 Å². The molecule has 0 bridgehead atoms. The highest BCUT2D eigenvalue weighted by molar-refractivity contribution is 5.95. The molecule has 2 rings (SSSR count). The molecule has 0 aliphatic heterocycles. The Kier molecular flexibility index (Phi) is 8.33. The SMILES string of the molecule is CCC(=O)c1ccc(OCC(=O)O[C@H](C)C(=O)NCCc2ccc(F)cc2)cc1. The van der Waals surface area contributed by atoms with Gasteiger partial charge in [0.2, 0.25) is 0 Å². The molecular weight excluding hydrogens is 377 g/mol. The predicted molar refractivity (Wildman–Crippen MR) is 105 cm³/mol. The second-order valence-electron chi connectivity index (χ2n) is 6.39. The highest BCUT2D eigenvalue weighted by Crippen LogP contribution is 2.13. The standard InChI is InChI=1S/C22H24FNO5/c1-3-20(25)17-6-10-19(11-7-17)28-14-21(26)29-15(2)22(27)24-13-12-16-4-8-18(23)9-5-16/h4-11,15H,3,12-14H2,1-2H3,(H,24,27)/t15-/m1/s1. The molecule has 6 nitrogen and oxygen atoms in total. The summed E-state index contributed by atoms with van der Waals surface area (Å²) in [6.45, 7) is 3.24. The van der Waals surface area contributed by atoms with Crippen LogP contribution in [0.3, 0.4) is 0 Å². The minimum atomic E-state index is -0.969. The number of benzene rings is 2. The minimum absolute atomic E-state index is 0.0234. The lowest BCUT2D eigenvalue weighted by Crippen LogP contribution is -2.37. The third-order valence-electron chi connectivity index (χ3n) is 4.16. The van der Waals surface area contributed by atoms with Gasteiger partial charge in [-0.1, -0.05) is 19.1 Å². The zero-order chi connectivity index (χ0) is 21.2. The second kappa shape index (κ2) is 10.9. The third kappa shape index (κ3) is 7.37. The number of carbonyl (C=O) groups is 3. The van der Waals surface area contributed by atoms with E-state index in [4.69, 9.17) is 9.47 Å². The fourth-order valence-corrected chi connectivity index (χ4v) is 2.49. The highest BCUT2D eigenvalue weighted by Gasteiger charge is 2.17. The van der Waals surface area contributed by atoms with Crippen molar-refractivity contribution in [1.29, 1.82) is 0 Å². The molecule has 0 saturated carbocycles. The van der Waals surface area contributed by atoms with E-state index in [1.807, 2.05) is 0 Å². The van der Waals surface area contributed by atoms with Crippen LogP contribution in [0, 0.1) is 5.82 Å². The Labute approximate surface area is 169 Å². The summed E-state index contributed by atoms with van der Waals surface area (Å²) in [5.41, 5.74) is 1.46. The average Bonchev–Trinajstić information content (AvgIpc) is 2.73. The molecule has 1 N–H and O–H groups in total. The monoisotopic (exact) mass is 401 g/mol. The molecule has 0 aliphatic carbocycles. The quantitative estimate of drug-likeness (QED) is 0.489. The number of esters is 1. The molecule has 1 atom stereocenters. The first-order chi connectivity index (χ1) is 13.9. The molecule has 0 radical (unpaired) electrons. The normalized spacial score (nSPS) is 11.4. The van der Waals surface area contributed by atoms with Gasteiger partial charge in [0.1, 0.15) is 11.6 Å². The lowest BCUT2D eigenvalue weighted by atomic mass is 10.1. The molecule has 29 heavy (non-hydrogen) atoms. The van der Waals surface area contributed by atoms with Gasteiger partial charge < -0.3 is 14.8 Å². The number of rotatable bonds is 10. The average molecular weight is 401 g/mol. The van der Waals surface area contributed by atoms with E-state index >= 15 is 0 Å². The van der Waals surface area contributed by atoms with Crippen molar-refractivity contribution in [2.24, 2.45) is 0 Å². The van der Waals surface area contributed by atoms with Crippen LogP contribution in [-0.2, 0) is 20.7 Å². The van der Waals surface area contributed by atoms with Crippen LogP contribution < -0.4 is 10.1 Å². The van der Waals surface area contributed by atoms with Crippen LogP contribution in [0.15, 0.2) is 48.5 Å². The molecule has 154 valence electrons. The fourth-order valence-electron chi connectivity index (χ4n) is 2.49. The Bertz CT molecular complexity index is 833. The van der Waals surface area contributed by atoms with Gasteiger partial charge in [0, 0.05) is 18.5 Å². The maximum atomic E-state index is 12.9. The highest BCUT2D eigenvalue weighted by atomic mass is 19.1. The van der Waals surface area contributed by atoms with E-state index in [1.54, 1.807) is 43.3 Å². The first kappa shape index (κ1) is 22.1. The maximum absolute atomic E-state index is 12.9. The third-order valence-corrected chi connectivity index (χ3v) is 4.16. The van der Waals surface area contributed by atoms with E-state index in [0.29, 0.717) is 30.7 Å². The van der Waals surface area contributed by atoms with Crippen molar-refractivity contribution in [3.8, 4) is 5.75 Å². The lowest BCUT2D eigenvalue weighted by molar-refractivity contribution is -0.156. The van der Waals surface area contributed by atoms with Crippen molar-refractivity contribution in [3.63, 3.8) is 0 Å². The van der Waals surface area contributed by atoms with Gasteiger partial charge in [-0.25, -0.2) is 9.18 Å². The van der Waals surface area contributed by atoms with Crippen molar-refractivity contribution >= 4 is 17.7 Å². The summed E-state index contributed by atoms with van der Waals surface area (Å²) in [7, 11) is 0. The number of carbonyl (C=O) groups excluding carboxylic acids is 3. The van der Waals surface area contributed by atoms with Crippen molar-refractivity contribution < 1.29 is 28.2 Å². The Morgan fingerprint density at radius 2 is 1.69 bits per heavy atom. The van der Waals surface area contributed by atoms with Crippen molar-refractivity contribution in [2.45, 2.75) is 32.8 Å². The molecule has 0 saturated heterocycles. The predicted octanol–water partition coefficient (Wildman–Crippen LogP) is 3.09. The topological polar surface area (TPSA) is 81.7 Å². The van der Waals surface area contributed by atoms with Gasteiger partial charge in [-0.15, -0.1) is 0 Å². The number of nitrogens with one attached hydrogen (secondary N) is 1. The zero-order valence-electron chi connectivity index (χ0n) is 16.4. The van der Waals surface area contributed by atoms with Crippen LogP contribution in [0.5, 0.6) is 5.75 Å². The second-order valence-corrected chi connectivity index (χ2v) is 6.39. The van der Waals surface area contributed by atoms with Crippen LogP contribution in [0.1, 0.15) is 36.2 Å². The van der Waals surface area contributed by atoms with Crippen LogP contribution in [-0.4, -0.2) is 36.9 Å². The minimum Gasteiger partial charge on any atom is -0.482 e. The first-order valence-corrected chi connectivity index (χ1v) is 9.36. The molecule has 0 aliphatic rings. The summed E-state index contributed by atoms with van der Waals surface area (Å²) in [4.78, 5) is 35.4. The molecule has 0 aromatic heterocycles. The number of Topliss-reactive ketones (excluding diaryl/α,β-unsaturated/α-hetero) is 1. The van der Waals surface area contributed by atoms with Gasteiger partial charge in [0.25, 0.3) is 5.91 Å². The molecule has 0 spiro atoms. The number of hydrogen-bond acceptors (Lipinski definition) is 5. The van der Waals surface area contributed by atoms with Gasteiger partial charge in [-0.3, -0.25) is 9.59 Å². The summed E-state index contributed by atoms with van der Waals surface area (Å²) in [6.07, 6.45) is -0.0215. The number of hydrogen-bond donors (Lipinski definition) is 1. The Morgan fingerprint density at radius 1 is 1.03 bits per heavy atom. The fraction of sp³-hybridized carbons (Fsp3) is 0.318. The lowest BCUT2D eigenvalue weighted by Gasteiger charge is -2.14. The molecular formula is C22H24FNO5. The molecule has 0 fully saturated rings. The van der Waals surface area contributed by atoms with E-state index in [0.717, 1.165) is 5.56 Å². The van der Waals surface area contributed by atoms with Gasteiger partial charge >= 0.3 is 5.97 Å². The van der Waals surface area contributed by atoms with Gasteiger partial charge in [-0.2, -0.15) is 0 Å². The zero-order valence-corrected chi connectivity index (χ0v) is 16.4. The Hall–Kier alpha value is -3.22. The number of amides is 1. The first-order valence-electron chi connectivity index (χ1n) is 9.36. The molecule has 2 aromatic rings. The maximum Gasteiger partial charge on any atom is 0.344 e. The van der Waals surface area contributed by atoms with Crippen LogP contribution >= 0.6 is 0 Å². The summed E-state index contributed by atoms with van der Waals surface area (Å²) in [5, 5.41) is 2.66. The van der Waals surface area contributed by atoms with Crippen molar-refractivity contribution in [2.75, 3.05) is 13.2 Å². The van der Waals surface area contributed by atoms with E-state index < -0.39 is 18.0 Å². The molecule has 0 unspecified atom stereocenters. The van der Waals surface area contributed by atoms with Crippen LogP contribution in [0.25, 0.3) is 0 Å². The molecule has 1 amide bonds. The Balaban J connectivity index is 1.70. The summed E-state index contributed by atoms with van der Waals surface area (Å²) < 4.78 is 23.2. The summed E-state index contributed by atoms with van der Waals surface area (Å²) in [5.74, 6) is -0.977. The van der Waals surface area contributed by atoms with Crippen LogP contribution in [0.4, 0.5) is 4.39 Å². The summed E-state index contributed by atoms with van der Waals surface area (Å²) in [6, 6.07) is 12.5. The van der Waals surface area contributed by atoms with Crippen molar-refractivity contribution in [3.05, 3.63) is 65.5 Å². The number of ketones is 1. The molecule has 0 heterocycles. The van der Waals surface area contributed by atoms with Crippen LogP contribution in [0.2, 0.25) is 0 Å². The molecule has 2 aromatic carbocycles. The van der Waals surface area contributed by atoms with Crippen molar-refractivity contribution in [1.82, 2.24) is 5.32 Å². The molecule has 7 heteroatoms. The van der Waals surface area contributed by atoms with Gasteiger partial charge in [0.15, 0.2) is 18.5 Å². The smallest absolute Gasteiger partial charge is 0.344 e.